The maximum atomic E-state index is 9.73. The molecule has 2 heteroatoms. The van der Waals surface area contributed by atoms with Gasteiger partial charge in [-0.1, -0.05) is 36.4 Å². The summed E-state index contributed by atoms with van der Waals surface area (Å²) in [4.78, 5) is 0. The van der Waals surface area contributed by atoms with Crippen molar-refractivity contribution in [3.8, 4) is 5.75 Å². The number of para-hydroxylation sites is 1. The van der Waals surface area contributed by atoms with Gasteiger partial charge >= 0.3 is 0 Å². The van der Waals surface area contributed by atoms with E-state index in [4.69, 9.17) is 4.74 Å². The first-order valence-electron chi connectivity index (χ1n) is 6.54. The number of aliphatic hydroxyl groups excluding tert-OH is 1. The Hall–Kier alpha value is -1.80. The van der Waals surface area contributed by atoms with Gasteiger partial charge in [0, 0.05) is 5.56 Å². The number of hydrogen-bond acceptors (Lipinski definition) is 2. The maximum Gasteiger partial charge on any atom is 0.125 e. The molecule has 1 N–H and O–H groups in total. The average Bonchev–Trinajstić information content (AvgIpc) is 2.38. The van der Waals surface area contributed by atoms with Gasteiger partial charge in [0.15, 0.2) is 0 Å². The number of benzene rings is 2. The Bertz CT molecular complexity index is 539. The fraction of sp³-hybridized carbons (Fsp3) is 0.294. The zero-order valence-electron chi connectivity index (χ0n) is 11.7. The molecule has 19 heavy (non-hydrogen) atoms. The lowest BCUT2D eigenvalue weighted by atomic mass is 10.0. The van der Waals surface area contributed by atoms with Gasteiger partial charge in [0.25, 0.3) is 0 Å². The van der Waals surface area contributed by atoms with Crippen LogP contribution in [0.15, 0.2) is 42.5 Å². The van der Waals surface area contributed by atoms with Crippen molar-refractivity contribution >= 4 is 0 Å². The number of hydrogen-bond donors (Lipinski definition) is 1. The SMILES string of the molecule is Cc1cccc(C)c1COc1ccccc1[C@H](C)O. The Labute approximate surface area is 114 Å². The predicted octanol–water partition coefficient (Wildman–Crippen LogP) is 3.94. The summed E-state index contributed by atoms with van der Waals surface area (Å²) in [6, 6.07) is 13.9. The fourth-order valence-electron chi connectivity index (χ4n) is 2.18. The van der Waals surface area contributed by atoms with Crippen LogP contribution >= 0.6 is 0 Å². The minimum atomic E-state index is -0.519. The molecule has 0 spiro atoms. The average molecular weight is 256 g/mol. The number of aliphatic hydroxyl groups is 1. The molecule has 100 valence electrons. The number of rotatable bonds is 4. The van der Waals surface area contributed by atoms with Crippen LogP contribution in [-0.4, -0.2) is 5.11 Å². The van der Waals surface area contributed by atoms with E-state index in [0.29, 0.717) is 6.61 Å². The van der Waals surface area contributed by atoms with E-state index in [0.717, 1.165) is 11.3 Å². The van der Waals surface area contributed by atoms with E-state index in [2.05, 4.69) is 32.0 Å². The molecule has 0 saturated heterocycles. The molecule has 1 atom stereocenters. The van der Waals surface area contributed by atoms with Crippen LogP contribution in [0.2, 0.25) is 0 Å². The predicted molar refractivity (Wildman–Crippen MR) is 77.3 cm³/mol. The third kappa shape index (κ3) is 3.15. The van der Waals surface area contributed by atoms with Gasteiger partial charge in [-0.25, -0.2) is 0 Å². The van der Waals surface area contributed by atoms with Crippen LogP contribution < -0.4 is 4.74 Å². The molecule has 2 aromatic carbocycles. The molecule has 0 amide bonds. The summed E-state index contributed by atoms with van der Waals surface area (Å²) >= 11 is 0. The van der Waals surface area contributed by atoms with Crippen LogP contribution in [0.5, 0.6) is 5.75 Å². The van der Waals surface area contributed by atoms with Gasteiger partial charge in [0.1, 0.15) is 12.4 Å². The van der Waals surface area contributed by atoms with Gasteiger partial charge in [-0.3, -0.25) is 0 Å². The van der Waals surface area contributed by atoms with Crippen molar-refractivity contribution in [2.45, 2.75) is 33.5 Å². The third-order valence-corrected chi connectivity index (χ3v) is 3.39. The summed E-state index contributed by atoms with van der Waals surface area (Å²) in [6.07, 6.45) is -0.519. The van der Waals surface area contributed by atoms with E-state index in [1.807, 2.05) is 24.3 Å². The van der Waals surface area contributed by atoms with Crippen molar-refractivity contribution in [1.29, 1.82) is 0 Å². The van der Waals surface area contributed by atoms with E-state index in [1.165, 1.54) is 16.7 Å². The highest BCUT2D eigenvalue weighted by molar-refractivity contribution is 5.37. The first kappa shape index (κ1) is 13.6. The quantitative estimate of drug-likeness (QED) is 0.898. The molecule has 0 aliphatic carbocycles. The van der Waals surface area contributed by atoms with Crippen LogP contribution in [0, 0.1) is 13.8 Å². The Balaban J connectivity index is 2.19. The van der Waals surface area contributed by atoms with E-state index in [-0.39, 0.29) is 0 Å². The molecule has 0 aliphatic heterocycles. The van der Waals surface area contributed by atoms with Crippen LogP contribution in [0.25, 0.3) is 0 Å². The van der Waals surface area contributed by atoms with E-state index >= 15 is 0 Å². The Morgan fingerprint density at radius 2 is 1.63 bits per heavy atom. The summed E-state index contributed by atoms with van der Waals surface area (Å²) in [6.45, 7) is 6.46. The molecule has 2 rings (SSSR count). The van der Waals surface area contributed by atoms with Crippen molar-refractivity contribution < 1.29 is 9.84 Å². The van der Waals surface area contributed by atoms with Crippen LogP contribution in [0.3, 0.4) is 0 Å². The Kier molecular flexibility index (Phi) is 4.23. The fourth-order valence-corrected chi connectivity index (χ4v) is 2.18. The molecule has 0 unspecified atom stereocenters. The lowest BCUT2D eigenvalue weighted by molar-refractivity contribution is 0.190. The molecular weight excluding hydrogens is 236 g/mol. The second kappa shape index (κ2) is 5.89. The molecular formula is C17H20O2. The topological polar surface area (TPSA) is 29.5 Å². The molecule has 0 aliphatic rings. The van der Waals surface area contributed by atoms with Crippen LogP contribution in [0.4, 0.5) is 0 Å². The van der Waals surface area contributed by atoms with Gasteiger partial charge < -0.3 is 9.84 Å². The highest BCUT2D eigenvalue weighted by Gasteiger charge is 2.09. The van der Waals surface area contributed by atoms with E-state index in [9.17, 15) is 5.11 Å². The van der Waals surface area contributed by atoms with Gasteiger partial charge in [-0.2, -0.15) is 0 Å². The molecule has 0 fully saturated rings. The summed E-state index contributed by atoms with van der Waals surface area (Å²) in [7, 11) is 0. The van der Waals surface area contributed by atoms with Gasteiger partial charge in [-0.15, -0.1) is 0 Å². The van der Waals surface area contributed by atoms with E-state index < -0.39 is 6.10 Å². The summed E-state index contributed by atoms with van der Waals surface area (Å²) in [5.41, 5.74) is 4.50. The number of aryl methyl sites for hydroxylation is 2. The van der Waals surface area contributed by atoms with Crippen molar-refractivity contribution in [3.63, 3.8) is 0 Å². The lowest BCUT2D eigenvalue weighted by Gasteiger charge is -2.15. The zero-order valence-corrected chi connectivity index (χ0v) is 11.7. The van der Waals surface area contributed by atoms with Gasteiger partial charge in [0.2, 0.25) is 0 Å². The van der Waals surface area contributed by atoms with Gasteiger partial charge in [-0.05, 0) is 43.5 Å². The second-order valence-corrected chi connectivity index (χ2v) is 4.87. The lowest BCUT2D eigenvalue weighted by Crippen LogP contribution is -2.03. The van der Waals surface area contributed by atoms with Crippen molar-refractivity contribution in [3.05, 3.63) is 64.7 Å². The van der Waals surface area contributed by atoms with Crippen LogP contribution in [0.1, 0.15) is 35.3 Å². The third-order valence-electron chi connectivity index (χ3n) is 3.39. The molecule has 2 nitrogen and oxygen atoms in total. The molecule has 2 aromatic rings. The molecule has 0 aromatic heterocycles. The zero-order chi connectivity index (χ0) is 13.8. The first-order valence-corrected chi connectivity index (χ1v) is 6.54. The van der Waals surface area contributed by atoms with Crippen molar-refractivity contribution in [2.24, 2.45) is 0 Å². The second-order valence-electron chi connectivity index (χ2n) is 4.87. The standard InChI is InChI=1S/C17H20O2/c1-12-7-6-8-13(2)16(12)11-19-17-10-5-4-9-15(17)14(3)18/h4-10,14,18H,11H2,1-3H3/t14-/m0/s1. The summed E-state index contributed by atoms with van der Waals surface area (Å²) < 4.78 is 5.89. The minimum Gasteiger partial charge on any atom is -0.489 e. The highest BCUT2D eigenvalue weighted by Crippen LogP contribution is 2.26. The normalized spacial score (nSPS) is 12.2. The number of ether oxygens (including phenoxy) is 1. The Morgan fingerprint density at radius 1 is 1.00 bits per heavy atom. The van der Waals surface area contributed by atoms with Crippen molar-refractivity contribution in [2.75, 3.05) is 0 Å². The Morgan fingerprint density at radius 3 is 2.26 bits per heavy atom. The molecule has 0 heterocycles. The van der Waals surface area contributed by atoms with Crippen LogP contribution in [-0.2, 0) is 6.61 Å². The monoisotopic (exact) mass is 256 g/mol. The smallest absolute Gasteiger partial charge is 0.125 e. The van der Waals surface area contributed by atoms with E-state index in [1.54, 1.807) is 6.92 Å². The van der Waals surface area contributed by atoms with Crippen molar-refractivity contribution in [1.82, 2.24) is 0 Å². The largest absolute Gasteiger partial charge is 0.489 e. The van der Waals surface area contributed by atoms with Gasteiger partial charge in [0.05, 0.1) is 6.10 Å². The first-order chi connectivity index (χ1) is 9.09. The highest BCUT2D eigenvalue weighted by atomic mass is 16.5. The molecule has 0 radical (unpaired) electrons. The molecule has 0 saturated carbocycles. The molecule has 0 bridgehead atoms. The summed E-state index contributed by atoms with van der Waals surface area (Å²) in [5.74, 6) is 0.750. The summed E-state index contributed by atoms with van der Waals surface area (Å²) in [5, 5.41) is 9.73. The maximum absolute atomic E-state index is 9.73. The minimum absolute atomic E-state index is 0.519.